The summed E-state index contributed by atoms with van der Waals surface area (Å²) in [6.45, 7) is 6.58. The molecule has 6 heteroatoms. The van der Waals surface area contributed by atoms with Crippen LogP contribution in [0.2, 0.25) is 0 Å². The van der Waals surface area contributed by atoms with E-state index in [9.17, 15) is 10.1 Å². The minimum Gasteiger partial charge on any atom is -0.497 e. The smallest absolute Gasteiger partial charge is 0.277 e. The topological polar surface area (TPSA) is 70.2 Å². The van der Waals surface area contributed by atoms with Crippen molar-refractivity contribution in [1.82, 2.24) is 9.55 Å². The Bertz CT molecular complexity index is 2280. The van der Waals surface area contributed by atoms with Gasteiger partial charge in [0.1, 0.15) is 11.6 Å². The number of hydrogen-bond donors (Lipinski definition) is 0. The van der Waals surface area contributed by atoms with Crippen molar-refractivity contribution in [3.63, 3.8) is 0 Å². The average molecular weight is 604 g/mol. The van der Waals surface area contributed by atoms with Gasteiger partial charge in [0, 0.05) is 28.5 Å². The summed E-state index contributed by atoms with van der Waals surface area (Å²) in [6, 6.07) is 42.0. The molecule has 0 saturated carbocycles. The number of ether oxygens (including phenoxy) is 1. The van der Waals surface area contributed by atoms with Gasteiger partial charge < -0.3 is 4.74 Å². The molecule has 0 amide bonds. The summed E-state index contributed by atoms with van der Waals surface area (Å²) < 4.78 is 7.78. The highest BCUT2D eigenvalue weighted by Gasteiger charge is 2.21. The number of rotatable bonds is 6. The molecule has 226 valence electrons. The Morgan fingerprint density at radius 1 is 0.674 bits per heavy atom. The third-order valence-corrected chi connectivity index (χ3v) is 8.57. The molecule has 0 aliphatic carbocycles. The summed E-state index contributed by atoms with van der Waals surface area (Å²) in [7, 11) is 1.68. The first-order valence-corrected chi connectivity index (χ1v) is 15.3. The number of hydrogen-bond acceptors (Lipinski definition) is 4. The second-order valence-corrected chi connectivity index (χ2v) is 12.5. The summed E-state index contributed by atoms with van der Waals surface area (Å²) in [5, 5.41) is 14.3. The number of nitro benzene ring substituents is 1. The quantitative estimate of drug-likeness (QED) is 0.140. The van der Waals surface area contributed by atoms with Crippen LogP contribution >= 0.6 is 0 Å². The zero-order valence-electron chi connectivity index (χ0n) is 26.2. The van der Waals surface area contributed by atoms with E-state index in [2.05, 4.69) is 73.9 Å². The molecule has 2 heterocycles. The van der Waals surface area contributed by atoms with E-state index in [-0.39, 0.29) is 16.0 Å². The van der Waals surface area contributed by atoms with Crippen LogP contribution in [0.3, 0.4) is 0 Å². The third-order valence-electron chi connectivity index (χ3n) is 8.57. The molecule has 0 saturated heterocycles. The van der Waals surface area contributed by atoms with Crippen molar-refractivity contribution in [3.8, 4) is 45.1 Å². The van der Waals surface area contributed by atoms with Crippen LogP contribution in [-0.2, 0) is 5.41 Å². The minimum absolute atomic E-state index is 0.0827. The van der Waals surface area contributed by atoms with Crippen LogP contribution < -0.4 is 4.74 Å². The van der Waals surface area contributed by atoms with Gasteiger partial charge in [0.2, 0.25) is 0 Å². The summed E-state index contributed by atoms with van der Waals surface area (Å²) in [4.78, 5) is 16.9. The first-order chi connectivity index (χ1) is 22.2. The second-order valence-electron chi connectivity index (χ2n) is 12.5. The molecule has 0 fully saturated rings. The number of methoxy groups -OCH3 is 1. The monoisotopic (exact) mass is 603 g/mol. The Morgan fingerprint density at radius 2 is 1.35 bits per heavy atom. The normalized spacial score (nSPS) is 11.7. The first kappa shape index (κ1) is 29.0. The number of fused-ring (bicyclic) bond motifs is 3. The lowest BCUT2D eigenvalue weighted by molar-refractivity contribution is -0.384. The fourth-order valence-electron chi connectivity index (χ4n) is 6.23. The number of pyridine rings is 1. The number of benzene rings is 5. The van der Waals surface area contributed by atoms with Crippen molar-refractivity contribution in [2.24, 2.45) is 0 Å². The fourth-order valence-corrected chi connectivity index (χ4v) is 6.23. The maximum Gasteiger partial charge on any atom is 0.277 e. The number of nitrogens with zero attached hydrogens (tertiary/aromatic N) is 3. The van der Waals surface area contributed by atoms with E-state index in [0.717, 1.165) is 66.9 Å². The van der Waals surface area contributed by atoms with Gasteiger partial charge in [0.15, 0.2) is 0 Å². The van der Waals surface area contributed by atoms with E-state index in [4.69, 9.17) is 9.72 Å². The summed E-state index contributed by atoms with van der Waals surface area (Å²) >= 11 is 0. The SMILES string of the molecule is COc1ccc2c3ccccc3n(-c3cccc(-c4cc(-c5ccccc5-c5ccccc5[N+](=O)[O-])cc(C(C)(C)C)c4)n3)c2c1. The van der Waals surface area contributed by atoms with Crippen molar-refractivity contribution in [2.45, 2.75) is 26.2 Å². The fraction of sp³-hybridized carbons (Fsp3) is 0.125. The maximum atomic E-state index is 12.0. The van der Waals surface area contributed by atoms with Crippen LogP contribution in [0.15, 0.2) is 127 Å². The van der Waals surface area contributed by atoms with E-state index in [1.165, 1.54) is 0 Å². The molecule has 0 radical (unpaired) electrons. The largest absolute Gasteiger partial charge is 0.497 e. The lowest BCUT2D eigenvalue weighted by atomic mass is 9.82. The highest BCUT2D eigenvalue weighted by atomic mass is 16.6. The molecule has 0 atom stereocenters. The Balaban J connectivity index is 1.43. The Morgan fingerprint density at radius 3 is 2.11 bits per heavy atom. The van der Waals surface area contributed by atoms with Gasteiger partial charge in [-0.3, -0.25) is 14.7 Å². The van der Waals surface area contributed by atoms with E-state index >= 15 is 0 Å². The molecular formula is C40H33N3O3. The van der Waals surface area contributed by atoms with Gasteiger partial charge >= 0.3 is 0 Å². The molecule has 0 aliphatic rings. The van der Waals surface area contributed by atoms with Gasteiger partial charge in [-0.25, -0.2) is 4.98 Å². The predicted octanol–water partition coefficient (Wildman–Crippen LogP) is 10.4. The number of para-hydroxylation sites is 2. The van der Waals surface area contributed by atoms with Crippen LogP contribution in [0.25, 0.3) is 61.1 Å². The second kappa shape index (κ2) is 11.3. The molecule has 5 aromatic carbocycles. The van der Waals surface area contributed by atoms with Gasteiger partial charge in [-0.15, -0.1) is 0 Å². The third kappa shape index (κ3) is 5.08. The molecule has 0 spiro atoms. The molecule has 2 aromatic heterocycles. The average Bonchev–Trinajstić information content (AvgIpc) is 3.41. The molecule has 7 aromatic rings. The molecule has 0 aliphatic heterocycles. The zero-order valence-corrected chi connectivity index (χ0v) is 26.2. The summed E-state index contributed by atoms with van der Waals surface area (Å²) in [5.74, 6) is 1.59. The number of aromatic nitrogens is 2. The van der Waals surface area contributed by atoms with E-state index in [0.29, 0.717) is 5.56 Å². The lowest BCUT2D eigenvalue weighted by Gasteiger charge is -2.22. The molecule has 0 N–H and O–H groups in total. The molecular weight excluding hydrogens is 570 g/mol. The van der Waals surface area contributed by atoms with Gasteiger partial charge in [-0.1, -0.05) is 87.5 Å². The van der Waals surface area contributed by atoms with Crippen molar-refractivity contribution >= 4 is 27.5 Å². The van der Waals surface area contributed by atoms with Crippen LogP contribution in [0, 0.1) is 10.1 Å². The van der Waals surface area contributed by atoms with Crippen molar-refractivity contribution in [3.05, 3.63) is 143 Å². The lowest BCUT2D eigenvalue weighted by Crippen LogP contribution is -2.11. The van der Waals surface area contributed by atoms with Crippen LogP contribution in [-0.4, -0.2) is 21.6 Å². The van der Waals surface area contributed by atoms with Crippen molar-refractivity contribution < 1.29 is 9.66 Å². The standard InChI is InChI=1S/C40H33N3O3/c1-40(2,3)28-23-26(30-12-5-6-13-31(30)32-14-8-10-18-37(32)43(44)45)22-27(24-28)35-16-11-19-39(41-35)42-36-17-9-7-15-33(36)34-21-20-29(46-4)25-38(34)42/h5-25H,1-4H3. The highest BCUT2D eigenvalue weighted by Crippen LogP contribution is 2.40. The molecule has 0 unspecified atom stereocenters. The number of nitro groups is 1. The van der Waals surface area contributed by atoms with Crippen molar-refractivity contribution in [2.75, 3.05) is 7.11 Å². The van der Waals surface area contributed by atoms with Gasteiger partial charge in [-0.05, 0) is 76.2 Å². The molecule has 6 nitrogen and oxygen atoms in total. The van der Waals surface area contributed by atoms with Crippen molar-refractivity contribution in [1.29, 1.82) is 0 Å². The van der Waals surface area contributed by atoms with Crippen LogP contribution in [0.5, 0.6) is 5.75 Å². The van der Waals surface area contributed by atoms with E-state index < -0.39 is 0 Å². The summed E-state index contributed by atoms with van der Waals surface area (Å²) in [6.07, 6.45) is 0. The Hall–Kier alpha value is -5.75. The highest BCUT2D eigenvalue weighted by molar-refractivity contribution is 6.09. The van der Waals surface area contributed by atoms with Crippen LogP contribution in [0.4, 0.5) is 5.69 Å². The predicted molar refractivity (Wildman–Crippen MR) is 187 cm³/mol. The van der Waals surface area contributed by atoms with E-state index in [1.807, 2.05) is 66.7 Å². The molecule has 7 rings (SSSR count). The van der Waals surface area contributed by atoms with Gasteiger partial charge in [0.25, 0.3) is 5.69 Å². The van der Waals surface area contributed by atoms with Gasteiger partial charge in [-0.2, -0.15) is 0 Å². The maximum absolute atomic E-state index is 12.0. The molecule has 0 bridgehead atoms. The van der Waals surface area contributed by atoms with Gasteiger partial charge in [0.05, 0.1) is 34.3 Å². The Labute approximate surface area is 267 Å². The summed E-state index contributed by atoms with van der Waals surface area (Å²) in [5.41, 5.74) is 8.28. The minimum atomic E-state index is -0.317. The zero-order chi connectivity index (χ0) is 32.0. The van der Waals surface area contributed by atoms with Crippen LogP contribution in [0.1, 0.15) is 26.3 Å². The molecule has 46 heavy (non-hydrogen) atoms. The Kier molecular flexibility index (Phi) is 7.13. The van der Waals surface area contributed by atoms with E-state index in [1.54, 1.807) is 19.2 Å². The first-order valence-electron chi connectivity index (χ1n) is 15.3.